The summed E-state index contributed by atoms with van der Waals surface area (Å²) >= 11 is 0. The number of carbonyl (C=O) groups is 4. The molecule has 0 unspecified atom stereocenters. The lowest BCUT2D eigenvalue weighted by Gasteiger charge is -2.42. The quantitative estimate of drug-likeness (QED) is 0.176. The van der Waals surface area contributed by atoms with E-state index < -0.39 is 34.4 Å². The second-order valence-electron chi connectivity index (χ2n) is 9.79. The molecule has 0 aromatic carbocycles. The highest BCUT2D eigenvalue weighted by Gasteiger charge is 2.43. The van der Waals surface area contributed by atoms with E-state index in [9.17, 15) is 19.2 Å². The zero-order chi connectivity index (χ0) is 25.7. The van der Waals surface area contributed by atoms with Crippen LogP contribution in [0.2, 0.25) is 0 Å². The summed E-state index contributed by atoms with van der Waals surface area (Å²) in [6, 6.07) is 0. The first-order chi connectivity index (χ1) is 15.1. The SMILES string of the molecule is CC(C)(N)C(C)(C)C(=O)NC(CCCCC(=O)O)(CCCCC(=O)O)CCOCCC(=O)O. The van der Waals surface area contributed by atoms with Crippen LogP contribution in [0.15, 0.2) is 0 Å². The van der Waals surface area contributed by atoms with Gasteiger partial charge in [-0.05, 0) is 59.8 Å². The lowest BCUT2D eigenvalue weighted by atomic mass is 9.73. The number of carboxylic acids is 3. The monoisotopic (exact) mass is 474 g/mol. The summed E-state index contributed by atoms with van der Waals surface area (Å²) in [5.74, 6) is -3.01. The number of carbonyl (C=O) groups excluding carboxylic acids is 1. The maximum absolute atomic E-state index is 13.3. The number of nitrogens with two attached hydrogens (primary N) is 1. The summed E-state index contributed by atoms with van der Waals surface area (Å²) in [5, 5.41) is 29.8. The fraction of sp³-hybridized carbons (Fsp3) is 0.826. The highest BCUT2D eigenvalue weighted by molar-refractivity contribution is 5.84. The number of carboxylic acid groups (broad SMARTS) is 3. The summed E-state index contributed by atoms with van der Waals surface area (Å²) in [6.45, 7) is 7.29. The molecule has 0 aromatic rings. The van der Waals surface area contributed by atoms with Gasteiger partial charge in [-0.2, -0.15) is 0 Å². The highest BCUT2D eigenvalue weighted by Crippen LogP contribution is 2.33. The standard InChI is InChI=1S/C23H42N2O8/c1-21(2,22(3,4)24)20(32)25-23(12-7-5-9-17(26)27,13-8-6-10-18(28)29)14-16-33-15-11-19(30)31/h5-16,24H2,1-4H3,(H,25,32)(H,26,27)(H,28,29)(H,30,31). The molecule has 0 saturated heterocycles. The minimum Gasteiger partial charge on any atom is -0.481 e. The van der Waals surface area contributed by atoms with Gasteiger partial charge in [0, 0.05) is 30.5 Å². The van der Waals surface area contributed by atoms with E-state index >= 15 is 0 Å². The third kappa shape index (κ3) is 12.6. The molecular weight excluding hydrogens is 432 g/mol. The van der Waals surface area contributed by atoms with Gasteiger partial charge in [0.2, 0.25) is 5.91 Å². The van der Waals surface area contributed by atoms with E-state index in [0.717, 1.165) is 0 Å². The van der Waals surface area contributed by atoms with Crippen LogP contribution >= 0.6 is 0 Å². The van der Waals surface area contributed by atoms with E-state index in [-0.39, 0.29) is 38.4 Å². The Labute approximate surface area is 196 Å². The van der Waals surface area contributed by atoms with Crippen molar-refractivity contribution in [3.8, 4) is 0 Å². The Morgan fingerprint density at radius 2 is 1.18 bits per heavy atom. The van der Waals surface area contributed by atoms with Gasteiger partial charge in [0.1, 0.15) is 0 Å². The molecule has 0 aliphatic carbocycles. The van der Waals surface area contributed by atoms with E-state index in [2.05, 4.69) is 5.32 Å². The van der Waals surface area contributed by atoms with Gasteiger partial charge < -0.3 is 31.1 Å². The van der Waals surface area contributed by atoms with E-state index in [1.54, 1.807) is 27.7 Å². The molecule has 0 aromatic heterocycles. The molecule has 10 nitrogen and oxygen atoms in total. The van der Waals surface area contributed by atoms with Crippen LogP contribution in [0.25, 0.3) is 0 Å². The minimum absolute atomic E-state index is 0.0134. The Kier molecular flexibility index (Phi) is 13.2. The molecule has 0 aliphatic heterocycles. The second kappa shape index (κ2) is 14.1. The molecule has 1 amide bonds. The Hall–Kier alpha value is -2.20. The van der Waals surface area contributed by atoms with Gasteiger partial charge in [-0.1, -0.05) is 12.8 Å². The summed E-state index contributed by atoms with van der Waals surface area (Å²) in [7, 11) is 0. The van der Waals surface area contributed by atoms with Crippen molar-refractivity contribution in [3.05, 3.63) is 0 Å². The third-order valence-corrected chi connectivity index (χ3v) is 6.33. The normalized spacial score (nSPS) is 12.4. The Bertz CT molecular complexity index is 633. The molecule has 0 spiro atoms. The summed E-state index contributed by atoms with van der Waals surface area (Å²) in [4.78, 5) is 45.8. The van der Waals surface area contributed by atoms with Gasteiger partial charge >= 0.3 is 17.9 Å². The topological polar surface area (TPSA) is 176 Å². The summed E-state index contributed by atoms with van der Waals surface area (Å²) in [6.07, 6.45) is 3.23. The number of unbranched alkanes of at least 4 members (excludes halogenated alkanes) is 2. The summed E-state index contributed by atoms with van der Waals surface area (Å²) in [5.41, 5.74) is 3.76. The Balaban J connectivity index is 5.58. The minimum atomic E-state index is -0.969. The van der Waals surface area contributed by atoms with Crippen LogP contribution in [0.1, 0.15) is 91.9 Å². The van der Waals surface area contributed by atoms with Crippen LogP contribution in [-0.2, 0) is 23.9 Å². The van der Waals surface area contributed by atoms with Gasteiger partial charge in [-0.3, -0.25) is 19.2 Å². The number of hydrogen-bond donors (Lipinski definition) is 5. The van der Waals surface area contributed by atoms with Gasteiger partial charge in [-0.25, -0.2) is 0 Å². The fourth-order valence-corrected chi connectivity index (χ4v) is 3.26. The molecule has 33 heavy (non-hydrogen) atoms. The van der Waals surface area contributed by atoms with Crippen LogP contribution in [0, 0.1) is 5.41 Å². The molecule has 0 atom stereocenters. The molecule has 0 heterocycles. The number of nitrogens with one attached hydrogen (secondary N) is 1. The Morgan fingerprint density at radius 1 is 0.727 bits per heavy atom. The largest absolute Gasteiger partial charge is 0.481 e. The number of hydrogen-bond acceptors (Lipinski definition) is 6. The molecule has 6 N–H and O–H groups in total. The van der Waals surface area contributed by atoms with E-state index in [1.807, 2.05) is 0 Å². The van der Waals surface area contributed by atoms with Gasteiger partial charge in [-0.15, -0.1) is 0 Å². The molecule has 0 saturated carbocycles. The van der Waals surface area contributed by atoms with Crippen LogP contribution in [-0.4, -0.2) is 63.4 Å². The second-order valence-corrected chi connectivity index (χ2v) is 9.79. The molecule has 0 bridgehead atoms. The molecule has 0 radical (unpaired) electrons. The van der Waals surface area contributed by atoms with Crippen molar-refractivity contribution in [2.75, 3.05) is 13.2 Å². The average molecular weight is 475 g/mol. The lowest BCUT2D eigenvalue weighted by Crippen LogP contribution is -2.60. The van der Waals surface area contributed by atoms with Crippen molar-refractivity contribution >= 4 is 23.8 Å². The fourth-order valence-electron chi connectivity index (χ4n) is 3.26. The van der Waals surface area contributed by atoms with Crippen molar-refractivity contribution < 1.29 is 39.2 Å². The lowest BCUT2D eigenvalue weighted by molar-refractivity contribution is -0.139. The number of ether oxygens (including phenoxy) is 1. The molecule has 192 valence electrons. The predicted octanol–water partition coefficient (Wildman–Crippen LogP) is 2.78. The van der Waals surface area contributed by atoms with E-state index in [4.69, 9.17) is 25.8 Å². The summed E-state index contributed by atoms with van der Waals surface area (Å²) < 4.78 is 5.48. The van der Waals surface area contributed by atoms with Crippen molar-refractivity contribution in [2.45, 2.75) is 103 Å². The Morgan fingerprint density at radius 3 is 1.58 bits per heavy atom. The van der Waals surface area contributed by atoms with Crippen LogP contribution in [0.5, 0.6) is 0 Å². The molecular formula is C23H42N2O8. The van der Waals surface area contributed by atoms with Gasteiger partial charge in [0.15, 0.2) is 0 Å². The average Bonchev–Trinajstić information content (AvgIpc) is 2.66. The van der Waals surface area contributed by atoms with E-state index in [0.29, 0.717) is 44.9 Å². The van der Waals surface area contributed by atoms with Crippen molar-refractivity contribution in [1.29, 1.82) is 0 Å². The first kappa shape index (κ1) is 30.8. The zero-order valence-corrected chi connectivity index (χ0v) is 20.4. The molecule has 10 heteroatoms. The van der Waals surface area contributed by atoms with E-state index in [1.165, 1.54) is 0 Å². The zero-order valence-electron chi connectivity index (χ0n) is 20.4. The van der Waals surface area contributed by atoms with Crippen LogP contribution < -0.4 is 11.1 Å². The van der Waals surface area contributed by atoms with Crippen LogP contribution in [0.4, 0.5) is 0 Å². The maximum Gasteiger partial charge on any atom is 0.305 e. The van der Waals surface area contributed by atoms with Crippen molar-refractivity contribution in [2.24, 2.45) is 11.1 Å². The first-order valence-electron chi connectivity index (χ1n) is 11.5. The smallest absolute Gasteiger partial charge is 0.305 e. The van der Waals surface area contributed by atoms with Crippen molar-refractivity contribution in [1.82, 2.24) is 5.32 Å². The number of amides is 1. The maximum atomic E-state index is 13.3. The molecule has 0 fully saturated rings. The van der Waals surface area contributed by atoms with Crippen molar-refractivity contribution in [3.63, 3.8) is 0 Å². The highest BCUT2D eigenvalue weighted by atomic mass is 16.5. The van der Waals surface area contributed by atoms with Gasteiger partial charge in [0.25, 0.3) is 0 Å². The van der Waals surface area contributed by atoms with Crippen LogP contribution in [0.3, 0.4) is 0 Å². The number of aliphatic carboxylic acids is 3. The molecule has 0 aliphatic rings. The predicted molar refractivity (Wildman–Crippen MR) is 123 cm³/mol. The van der Waals surface area contributed by atoms with Gasteiger partial charge in [0.05, 0.1) is 18.4 Å². The third-order valence-electron chi connectivity index (χ3n) is 6.33. The molecule has 0 rings (SSSR count). The number of rotatable bonds is 19. The first-order valence-corrected chi connectivity index (χ1v) is 11.5.